The van der Waals surface area contributed by atoms with Gasteiger partial charge in [0.05, 0.1) is 34.0 Å². The van der Waals surface area contributed by atoms with Gasteiger partial charge in [-0.05, 0) is 104 Å². The van der Waals surface area contributed by atoms with Gasteiger partial charge in [0.25, 0.3) is 0 Å². The summed E-state index contributed by atoms with van der Waals surface area (Å²) in [6.07, 6.45) is 3.09. The SMILES string of the molecule is CCc1c(CC)c2cc3nc(cc4[nH]c(cc5nc(cc1[nH]2)C(C)=C5CCC(=O)O)c1c4NC(=O)CC1)C(CCC(=O)O)=C3C. The number of carboxylic acid groups (broad SMARTS) is 2. The highest BCUT2D eigenvalue weighted by molar-refractivity contribution is 6.03. The van der Waals surface area contributed by atoms with Gasteiger partial charge in [-0.2, -0.15) is 0 Å². The molecule has 0 aromatic carbocycles. The molecule has 10 heteroatoms. The van der Waals surface area contributed by atoms with E-state index >= 15 is 0 Å². The van der Waals surface area contributed by atoms with Gasteiger partial charge in [-0.25, -0.2) is 9.97 Å². The Hall–Kier alpha value is -4.99. The van der Waals surface area contributed by atoms with Crippen molar-refractivity contribution in [3.8, 4) is 0 Å². The van der Waals surface area contributed by atoms with Crippen molar-refractivity contribution in [2.75, 3.05) is 5.32 Å². The molecule has 1 amide bonds. The summed E-state index contributed by atoms with van der Waals surface area (Å²) in [7, 11) is 0. The van der Waals surface area contributed by atoms with Gasteiger partial charge in [0.1, 0.15) is 0 Å². The van der Waals surface area contributed by atoms with E-state index in [1.165, 1.54) is 11.1 Å². The molecule has 0 fully saturated rings. The molecule has 6 heterocycles. The molecule has 10 nitrogen and oxygen atoms in total. The number of hydrogen-bond acceptors (Lipinski definition) is 5. The molecule has 3 aromatic heterocycles. The standard InChI is InChI=1S/C35H37N5O5/c1-5-19-20(6-2)27-14-25-18(4)22(9-12-34(44)45)29(37-25)16-31-35-23(7-10-32(41)40-35)30(39-31)15-28-21(8-11-33(42)43)17(3)24(36-28)13-26(19)38-27/h13-16,38-39H,5-12H2,1-4H3,(H,40,41)(H,42,43)(H,44,45). The maximum absolute atomic E-state index is 12.5. The molecule has 232 valence electrons. The van der Waals surface area contributed by atoms with Crippen molar-refractivity contribution >= 4 is 67.9 Å². The van der Waals surface area contributed by atoms with E-state index in [0.717, 1.165) is 68.6 Å². The average Bonchev–Trinajstić information content (AvgIpc) is 3.68. The van der Waals surface area contributed by atoms with Crippen molar-refractivity contribution in [1.82, 2.24) is 19.9 Å². The number of nitrogens with zero attached hydrogens (tertiary/aromatic N) is 2. The molecule has 0 spiro atoms. The molecule has 0 saturated heterocycles. The number of aryl methyl sites for hydroxylation is 3. The Labute approximate surface area is 260 Å². The fourth-order valence-electron chi connectivity index (χ4n) is 6.75. The number of carbonyl (C=O) groups excluding carboxylic acids is 1. The van der Waals surface area contributed by atoms with Crippen LogP contribution in [-0.2, 0) is 33.6 Å². The molecule has 3 aliphatic rings. The Morgan fingerprint density at radius 3 is 1.67 bits per heavy atom. The summed E-state index contributed by atoms with van der Waals surface area (Å²) < 4.78 is 0. The van der Waals surface area contributed by atoms with Crippen molar-refractivity contribution in [2.45, 2.75) is 79.1 Å². The topological polar surface area (TPSA) is 161 Å². The number of carboxylic acids is 2. The number of allylic oxidation sites excluding steroid dienone is 4. The van der Waals surface area contributed by atoms with Crippen LogP contribution < -0.4 is 5.32 Å². The highest BCUT2D eigenvalue weighted by Crippen LogP contribution is 2.39. The maximum atomic E-state index is 12.5. The average molecular weight is 608 g/mol. The number of amides is 1. The number of hydrogen-bond donors (Lipinski definition) is 5. The second-order valence-electron chi connectivity index (χ2n) is 11.8. The number of aliphatic carboxylic acids is 2. The van der Waals surface area contributed by atoms with Crippen LogP contribution in [0, 0.1) is 0 Å². The molecule has 0 atom stereocenters. The number of carbonyl (C=O) groups is 3. The third-order valence-electron chi connectivity index (χ3n) is 9.10. The Morgan fingerprint density at radius 1 is 0.711 bits per heavy atom. The van der Waals surface area contributed by atoms with Crippen LogP contribution in [0.4, 0.5) is 5.69 Å². The van der Waals surface area contributed by atoms with E-state index in [4.69, 9.17) is 9.97 Å². The van der Waals surface area contributed by atoms with E-state index in [2.05, 4.69) is 35.2 Å². The van der Waals surface area contributed by atoms with Crippen LogP contribution in [0.5, 0.6) is 0 Å². The molecule has 5 N–H and O–H groups in total. The first-order chi connectivity index (χ1) is 21.6. The zero-order valence-corrected chi connectivity index (χ0v) is 26.0. The van der Waals surface area contributed by atoms with Crippen molar-refractivity contribution in [3.63, 3.8) is 0 Å². The van der Waals surface area contributed by atoms with Crippen molar-refractivity contribution < 1.29 is 24.6 Å². The van der Waals surface area contributed by atoms with Crippen LogP contribution in [0.2, 0.25) is 0 Å². The number of nitrogens with one attached hydrogen (secondary N) is 3. The fraction of sp³-hybridized carbons (Fsp3) is 0.343. The number of aromatic amines is 2. The molecule has 3 aromatic rings. The molecular formula is C35H37N5O5. The highest BCUT2D eigenvalue weighted by atomic mass is 16.4. The van der Waals surface area contributed by atoms with Crippen molar-refractivity contribution in [3.05, 3.63) is 63.7 Å². The summed E-state index contributed by atoms with van der Waals surface area (Å²) in [5.41, 5.74) is 13.8. The van der Waals surface area contributed by atoms with E-state index < -0.39 is 11.9 Å². The fourth-order valence-corrected chi connectivity index (χ4v) is 6.75. The first-order valence-corrected chi connectivity index (χ1v) is 15.5. The maximum Gasteiger partial charge on any atom is 0.303 e. The van der Waals surface area contributed by atoms with Gasteiger partial charge >= 0.3 is 11.9 Å². The van der Waals surface area contributed by atoms with Crippen LogP contribution in [-0.4, -0.2) is 48.0 Å². The van der Waals surface area contributed by atoms with Gasteiger partial charge in [-0.1, -0.05) is 13.8 Å². The third-order valence-corrected chi connectivity index (χ3v) is 9.10. The summed E-state index contributed by atoms with van der Waals surface area (Å²) in [5, 5.41) is 22.0. The molecular weight excluding hydrogens is 570 g/mol. The number of aromatic nitrogens is 4. The largest absolute Gasteiger partial charge is 0.481 e. The lowest BCUT2D eigenvalue weighted by Crippen LogP contribution is -2.17. The van der Waals surface area contributed by atoms with Crippen LogP contribution in [0.3, 0.4) is 0 Å². The molecule has 0 saturated carbocycles. The molecule has 3 aliphatic heterocycles. The number of rotatable bonds is 8. The van der Waals surface area contributed by atoms with Crippen LogP contribution in [0.25, 0.3) is 44.4 Å². The zero-order chi connectivity index (χ0) is 32.0. The van der Waals surface area contributed by atoms with E-state index in [1.807, 2.05) is 32.0 Å². The summed E-state index contributed by atoms with van der Waals surface area (Å²) in [4.78, 5) is 52.9. The first-order valence-electron chi connectivity index (χ1n) is 15.5. The molecule has 0 unspecified atom stereocenters. The lowest BCUT2D eigenvalue weighted by Gasteiger charge is -2.13. The molecule has 45 heavy (non-hydrogen) atoms. The summed E-state index contributed by atoms with van der Waals surface area (Å²) in [6.45, 7) is 8.22. The predicted molar refractivity (Wildman–Crippen MR) is 175 cm³/mol. The van der Waals surface area contributed by atoms with Gasteiger partial charge in [0.2, 0.25) is 5.91 Å². The summed E-state index contributed by atoms with van der Waals surface area (Å²) in [6, 6.07) is 7.93. The Balaban J connectivity index is 1.74. The van der Waals surface area contributed by atoms with E-state index in [1.54, 1.807) is 0 Å². The minimum atomic E-state index is -0.882. The Kier molecular flexibility index (Phi) is 7.90. The minimum Gasteiger partial charge on any atom is -0.481 e. The van der Waals surface area contributed by atoms with Gasteiger partial charge in [-0.3, -0.25) is 14.4 Å². The number of H-pyrrole nitrogens is 2. The predicted octanol–water partition coefficient (Wildman–Crippen LogP) is 6.92. The monoisotopic (exact) mass is 607 g/mol. The van der Waals surface area contributed by atoms with Crippen LogP contribution in [0.15, 0.2) is 24.3 Å². The van der Waals surface area contributed by atoms with Gasteiger partial charge in [0.15, 0.2) is 0 Å². The van der Waals surface area contributed by atoms with Crippen LogP contribution >= 0.6 is 0 Å². The number of fused-ring (bicyclic) bond motifs is 11. The summed E-state index contributed by atoms with van der Waals surface area (Å²) >= 11 is 0. The lowest BCUT2D eigenvalue weighted by molar-refractivity contribution is -0.137. The van der Waals surface area contributed by atoms with Crippen LogP contribution in [0.1, 0.15) is 99.3 Å². The first kappa shape index (κ1) is 30.1. The molecule has 0 radical (unpaired) electrons. The second kappa shape index (κ2) is 11.8. The summed E-state index contributed by atoms with van der Waals surface area (Å²) in [5.74, 6) is -1.83. The third kappa shape index (κ3) is 5.56. The quantitative estimate of drug-likeness (QED) is 0.186. The minimum absolute atomic E-state index is 0.0181. The van der Waals surface area contributed by atoms with Crippen molar-refractivity contribution in [1.29, 1.82) is 0 Å². The smallest absolute Gasteiger partial charge is 0.303 e. The Bertz CT molecular complexity index is 2010. The lowest BCUT2D eigenvalue weighted by atomic mass is 9.99. The second-order valence-corrected chi connectivity index (χ2v) is 11.8. The zero-order valence-electron chi connectivity index (χ0n) is 26.0. The van der Waals surface area contributed by atoms with Gasteiger partial charge in [-0.15, -0.1) is 0 Å². The highest BCUT2D eigenvalue weighted by Gasteiger charge is 2.24. The Morgan fingerprint density at radius 2 is 1.18 bits per heavy atom. The molecule has 6 rings (SSSR count). The van der Waals surface area contributed by atoms with Gasteiger partial charge < -0.3 is 25.5 Å². The van der Waals surface area contributed by atoms with E-state index in [9.17, 15) is 24.6 Å². The molecule has 0 aliphatic carbocycles. The van der Waals surface area contributed by atoms with Gasteiger partial charge in [0, 0.05) is 41.4 Å². The van der Waals surface area contributed by atoms with E-state index in [0.29, 0.717) is 48.3 Å². The normalized spacial score (nSPS) is 14.5. The number of anilines is 1. The van der Waals surface area contributed by atoms with Crippen molar-refractivity contribution in [2.24, 2.45) is 0 Å². The molecule has 8 bridgehead atoms. The van der Waals surface area contributed by atoms with E-state index in [-0.39, 0.29) is 18.7 Å².